The third-order valence-corrected chi connectivity index (χ3v) is 13.0. The van der Waals surface area contributed by atoms with Gasteiger partial charge in [0.1, 0.15) is 54.9 Å². The van der Waals surface area contributed by atoms with E-state index in [1.165, 1.54) is 83.5 Å². The first-order chi connectivity index (χ1) is 34.6. The van der Waals surface area contributed by atoms with Gasteiger partial charge in [-0.25, -0.2) is 0 Å². The number of ether oxygens (including phenoxy) is 6. The molecule has 11 atom stereocenters. The van der Waals surface area contributed by atoms with Crippen molar-refractivity contribution >= 4 is 5.97 Å². The van der Waals surface area contributed by atoms with Crippen molar-refractivity contribution in [3.05, 3.63) is 60.8 Å². The molecule has 71 heavy (non-hydrogen) atoms. The normalized spacial score (nSPS) is 25.8. The molecule has 0 bridgehead atoms. The number of unbranched alkanes of at least 4 members (excludes halogenated alkanes) is 20. The Morgan fingerprint density at radius 3 is 1.42 bits per heavy atom. The third kappa shape index (κ3) is 31.2. The van der Waals surface area contributed by atoms with Gasteiger partial charge in [-0.3, -0.25) is 4.79 Å². The minimum absolute atomic E-state index is 0.0490. The van der Waals surface area contributed by atoms with Crippen LogP contribution in [0.5, 0.6) is 0 Å². The number of carbonyl (C=O) groups is 1. The van der Waals surface area contributed by atoms with E-state index in [1.807, 2.05) is 0 Å². The van der Waals surface area contributed by atoms with Gasteiger partial charge in [0, 0.05) is 13.0 Å². The zero-order chi connectivity index (χ0) is 51.6. The fraction of sp³-hybridized carbons (Fsp3) is 0.807. The molecule has 7 N–H and O–H groups in total. The van der Waals surface area contributed by atoms with Crippen molar-refractivity contribution in [2.45, 2.75) is 261 Å². The van der Waals surface area contributed by atoms with Crippen LogP contribution in [0, 0.1) is 0 Å². The van der Waals surface area contributed by atoms with Crippen LogP contribution in [0.15, 0.2) is 60.8 Å². The van der Waals surface area contributed by atoms with Gasteiger partial charge in [0.05, 0.1) is 26.4 Å². The Kier molecular flexibility index (Phi) is 40.2. The molecule has 14 heteroatoms. The SMILES string of the molecule is CCC/C=C\C/C=C\CCCCCCCCOCC(COC1OC(COC2OC(CO)C(O)C(O)C2O)C(O)C(O)C1O)OC(=O)CCCCCCCCCC/C=C\C/C=C\C/C=C\CCCCCCC. The van der Waals surface area contributed by atoms with Crippen molar-refractivity contribution in [2.75, 3.05) is 33.0 Å². The molecule has 2 aliphatic heterocycles. The van der Waals surface area contributed by atoms with Crippen LogP contribution in [0.3, 0.4) is 0 Å². The lowest BCUT2D eigenvalue weighted by atomic mass is 9.98. The molecule has 0 saturated carbocycles. The first-order valence-electron chi connectivity index (χ1n) is 27.9. The van der Waals surface area contributed by atoms with Crippen LogP contribution >= 0.6 is 0 Å². The lowest BCUT2D eigenvalue weighted by molar-refractivity contribution is -0.332. The van der Waals surface area contributed by atoms with E-state index < -0.39 is 80.7 Å². The predicted molar refractivity (Wildman–Crippen MR) is 279 cm³/mol. The third-order valence-electron chi connectivity index (χ3n) is 13.0. The zero-order valence-corrected chi connectivity index (χ0v) is 43.9. The molecule has 2 rings (SSSR count). The molecule has 0 aromatic heterocycles. The summed E-state index contributed by atoms with van der Waals surface area (Å²) in [5.41, 5.74) is 0. The first kappa shape index (κ1) is 64.8. The summed E-state index contributed by atoms with van der Waals surface area (Å²) < 4.78 is 34.3. The summed E-state index contributed by atoms with van der Waals surface area (Å²) in [6.07, 6.45) is 37.1. The summed E-state index contributed by atoms with van der Waals surface area (Å²) in [5, 5.41) is 72.2. The Morgan fingerprint density at radius 1 is 0.465 bits per heavy atom. The summed E-state index contributed by atoms with van der Waals surface area (Å²) in [6, 6.07) is 0. The van der Waals surface area contributed by atoms with E-state index in [1.54, 1.807) is 0 Å². The van der Waals surface area contributed by atoms with Crippen molar-refractivity contribution in [1.82, 2.24) is 0 Å². The Morgan fingerprint density at radius 2 is 0.901 bits per heavy atom. The maximum atomic E-state index is 13.1. The van der Waals surface area contributed by atoms with E-state index in [-0.39, 0.29) is 25.6 Å². The molecule has 0 spiro atoms. The highest BCUT2D eigenvalue weighted by atomic mass is 16.7. The number of allylic oxidation sites excluding steroid dienone is 10. The molecule has 2 fully saturated rings. The molecule has 2 aliphatic rings. The van der Waals surface area contributed by atoms with E-state index in [0.29, 0.717) is 13.0 Å². The number of carbonyl (C=O) groups excluding carboxylic acids is 1. The van der Waals surface area contributed by atoms with Gasteiger partial charge < -0.3 is 64.2 Å². The Bertz CT molecular complexity index is 1400. The summed E-state index contributed by atoms with van der Waals surface area (Å²) in [6.45, 7) is 3.58. The van der Waals surface area contributed by atoms with E-state index in [0.717, 1.165) is 83.5 Å². The molecular weight excluding hydrogens is 909 g/mol. The fourth-order valence-corrected chi connectivity index (χ4v) is 8.45. The number of hydrogen-bond donors (Lipinski definition) is 7. The lowest BCUT2D eigenvalue weighted by Crippen LogP contribution is -2.61. The molecule has 0 aliphatic carbocycles. The van der Waals surface area contributed by atoms with Crippen molar-refractivity contribution in [3.63, 3.8) is 0 Å². The van der Waals surface area contributed by atoms with Crippen LogP contribution in [0.4, 0.5) is 0 Å². The van der Waals surface area contributed by atoms with Crippen LogP contribution in [0.2, 0.25) is 0 Å². The Labute approximate surface area is 428 Å². The Hall–Kier alpha value is -2.31. The quantitative estimate of drug-likeness (QED) is 0.0172. The summed E-state index contributed by atoms with van der Waals surface area (Å²) in [4.78, 5) is 13.1. The predicted octanol–water partition coefficient (Wildman–Crippen LogP) is 9.30. The number of aliphatic hydroxyl groups excluding tert-OH is 7. The van der Waals surface area contributed by atoms with Crippen LogP contribution in [0.1, 0.15) is 194 Å². The average molecular weight is 1010 g/mol. The standard InChI is InChI=1S/C57H100O14/c1-3-5-7-9-11-13-15-17-19-20-21-22-23-24-25-26-27-28-30-32-34-36-38-40-49(59)69-46(43-66-41-39-37-35-33-31-29-18-16-14-12-10-8-6-4-2)44-67-56-55(65)53(63)51(61)48(71-56)45-68-57-54(64)52(62)50(60)47(42-58)70-57/h8,10,14-17,20-21,23-24,46-48,50-58,60-65H,3-7,9,11-13,18-19,22,25-45H2,1-2H3/b10-8-,16-14-,17-15-,21-20-,24-23-. The number of rotatable bonds is 44. The van der Waals surface area contributed by atoms with Gasteiger partial charge in [0.2, 0.25) is 0 Å². The second kappa shape index (κ2) is 44.0. The maximum absolute atomic E-state index is 13.1. The highest BCUT2D eigenvalue weighted by molar-refractivity contribution is 5.69. The van der Waals surface area contributed by atoms with E-state index in [4.69, 9.17) is 28.4 Å². The smallest absolute Gasteiger partial charge is 0.306 e. The first-order valence-corrected chi connectivity index (χ1v) is 27.9. The molecule has 2 heterocycles. The molecule has 0 aromatic rings. The molecule has 0 aromatic carbocycles. The van der Waals surface area contributed by atoms with Gasteiger partial charge in [-0.15, -0.1) is 0 Å². The fourth-order valence-electron chi connectivity index (χ4n) is 8.45. The van der Waals surface area contributed by atoms with Crippen molar-refractivity contribution in [1.29, 1.82) is 0 Å². The number of esters is 1. The molecular formula is C57H100O14. The average Bonchev–Trinajstić information content (AvgIpc) is 3.37. The molecule has 14 nitrogen and oxygen atoms in total. The van der Waals surface area contributed by atoms with Gasteiger partial charge in [-0.05, 0) is 77.0 Å². The second-order valence-corrected chi connectivity index (χ2v) is 19.4. The van der Waals surface area contributed by atoms with Gasteiger partial charge >= 0.3 is 5.97 Å². The van der Waals surface area contributed by atoms with Gasteiger partial charge in [-0.1, -0.05) is 171 Å². The molecule has 2 saturated heterocycles. The van der Waals surface area contributed by atoms with Crippen molar-refractivity contribution in [3.8, 4) is 0 Å². The second-order valence-electron chi connectivity index (χ2n) is 19.4. The molecule has 0 radical (unpaired) electrons. The van der Waals surface area contributed by atoms with Crippen LogP contribution in [-0.4, -0.2) is 142 Å². The van der Waals surface area contributed by atoms with Crippen LogP contribution in [-0.2, 0) is 33.2 Å². The van der Waals surface area contributed by atoms with Crippen molar-refractivity contribution in [2.24, 2.45) is 0 Å². The number of aliphatic hydroxyl groups is 7. The maximum Gasteiger partial charge on any atom is 0.306 e. The highest BCUT2D eigenvalue weighted by Crippen LogP contribution is 2.26. The zero-order valence-electron chi connectivity index (χ0n) is 43.9. The highest BCUT2D eigenvalue weighted by Gasteiger charge is 2.47. The minimum atomic E-state index is -1.71. The minimum Gasteiger partial charge on any atom is -0.457 e. The summed E-state index contributed by atoms with van der Waals surface area (Å²) in [5.74, 6) is -0.389. The summed E-state index contributed by atoms with van der Waals surface area (Å²) >= 11 is 0. The van der Waals surface area contributed by atoms with Gasteiger partial charge in [-0.2, -0.15) is 0 Å². The molecule has 412 valence electrons. The van der Waals surface area contributed by atoms with Crippen LogP contribution in [0.25, 0.3) is 0 Å². The molecule has 0 amide bonds. The lowest BCUT2D eigenvalue weighted by Gasteiger charge is -2.42. The topological polar surface area (TPSA) is 214 Å². The molecule has 11 unspecified atom stereocenters. The van der Waals surface area contributed by atoms with Gasteiger partial charge in [0.15, 0.2) is 12.6 Å². The van der Waals surface area contributed by atoms with E-state index in [9.17, 15) is 40.5 Å². The van der Waals surface area contributed by atoms with Gasteiger partial charge in [0.25, 0.3) is 0 Å². The largest absolute Gasteiger partial charge is 0.457 e. The monoisotopic (exact) mass is 1010 g/mol. The Balaban J connectivity index is 1.73. The van der Waals surface area contributed by atoms with E-state index >= 15 is 0 Å². The van der Waals surface area contributed by atoms with E-state index in [2.05, 4.69) is 74.6 Å². The van der Waals surface area contributed by atoms with Crippen molar-refractivity contribution < 1.29 is 69.0 Å². The number of hydrogen-bond acceptors (Lipinski definition) is 14. The van der Waals surface area contributed by atoms with Crippen LogP contribution < -0.4 is 0 Å². The summed E-state index contributed by atoms with van der Waals surface area (Å²) in [7, 11) is 0.